The van der Waals surface area contributed by atoms with E-state index in [9.17, 15) is 14.9 Å². The Morgan fingerprint density at radius 3 is 2.79 bits per heavy atom. The van der Waals surface area contributed by atoms with Gasteiger partial charge in [-0.15, -0.1) is 0 Å². The number of carboxylic acid groups (broad SMARTS) is 1. The Morgan fingerprint density at radius 2 is 2.26 bits per heavy atom. The highest BCUT2D eigenvalue weighted by molar-refractivity contribution is 5.90. The van der Waals surface area contributed by atoms with Crippen LogP contribution in [0.5, 0.6) is 0 Å². The van der Waals surface area contributed by atoms with Gasteiger partial charge in [-0.05, 0) is 36.8 Å². The van der Waals surface area contributed by atoms with Gasteiger partial charge in [0.1, 0.15) is 5.69 Å². The van der Waals surface area contributed by atoms with Gasteiger partial charge in [0.15, 0.2) is 0 Å². The summed E-state index contributed by atoms with van der Waals surface area (Å²) in [5, 5.41) is 22.8. The van der Waals surface area contributed by atoms with Crippen molar-refractivity contribution in [1.82, 2.24) is 0 Å². The Bertz CT molecular complexity index is 511. The van der Waals surface area contributed by atoms with Crippen molar-refractivity contribution in [1.29, 1.82) is 0 Å². The molecule has 1 aromatic carbocycles. The van der Waals surface area contributed by atoms with Gasteiger partial charge in [0, 0.05) is 12.6 Å². The molecule has 19 heavy (non-hydrogen) atoms. The molecule has 0 radical (unpaired) electrons. The number of carbonyl (C=O) groups is 1. The van der Waals surface area contributed by atoms with E-state index in [4.69, 9.17) is 5.11 Å². The van der Waals surface area contributed by atoms with Gasteiger partial charge >= 0.3 is 5.97 Å². The van der Waals surface area contributed by atoms with E-state index in [1.165, 1.54) is 31.0 Å². The van der Waals surface area contributed by atoms with Gasteiger partial charge in [0.25, 0.3) is 5.69 Å². The number of nitrogens with one attached hydrogen (secondary N) is 1. The molecule has 1 unspecified atom stereocenters. The quantitative estimate of drug-likeness (QED) is 0.608. The van der Waals surface area contributed by atoms with E-state index in [0.717, 1.165) is 0 Å². The van der Waals surface area contributed by atoms with Crippen LogP contribution >= 0.6 is 0 Å². The number of nitro groups is 1. The fourth-order valence-corrected chi connectivity index (χ4v) is 2.07. The highest BCUT2D eigenvalue weighted by Crippen LogP contribution is 2.37. The third-order valence-corrected chi connectivity index (χ3v) is 3.48. The lowest BCUT2D eigenvalue weighted by molar-refractivity contribution is -0.384. The number of hydrogen-bond donors (Lipinski definition) is 2. The van der Waals surface area contributed by atoms with E-state index in [1.54, 1.807) is 0 Å². The minimum absolute atomic E-state index is 0.0483. The molecule has 0 amide bonds. The number of carboxylic acids is 1. The fourth-order valence-electron chi connectivity index (χ4n) is 2.07. The lowest BCUT2D eigenvalue weighted by Gasteiger charge is -2.13. The maximum absolute atomic E-state index is 10.9. The molecule has 1 aromatic rings. The number of nitro benzene ring substituents is 1. The second-order valence-electron chi connectivity index (χ2n) is 4.99. The normalized spacial score (nSPS) is 15.8. The van der Waals surface area contributed by atoms with Crippen LogP contribution < -0.4 is 5.32 Å². The van der Waals surface area contributed by atoms with Gasteiger partial charge in [-0.2, -0.15) is 0 Å². The van der Waals surface area contributed by atoms with E-state index in [-0.39, 0.29) is 16.9 Å². The molecule has 0 spiro atoms. The van der Waals surface area contributed by atoms with Gasteiger partial charge in [-0.25, -0.2) is 4.79 Å². The van der Waals surface area contributed by atoms with E-state index in [2.05, 4.69) is 12.2 Å². The lowest BCUT2D eigenvalue weighted by Crippen LogP contribution is -2.14. The SMILES string of the molecule is CC(CNc1cc(C(=O)O)ccc1[N+](=O)[O-])C1CC1. The number of hydrogen-bond acceptors (Lipinski definition) is 4. The second kappa shape index (κ2) is 5.26. The first-order valence-electron chi connectivity index (χ1n) is 6.24. The van der Waals surface area contributed by atoms with E-state index in [1.807, 2.05) is 0 Å². The maximum Gasteiger partial charge on any atom is 0.335 e. The Labute approximate surface area is 110 Å². The fraction of sp³-hybridized carbons (Fsp3) is 0.462. The number of benzene rings is 1. The standard InChI is InChI=1S/C13H16N2O4/c1-8(9-2-3-9)7-14-11-6-10(13(16)17)4-5-12(11)15(18)19/h4-6,8-9,14H,2-3,7H2,1H3,(H,16,17). The van der Waals surface area contributed by atoms with Crippen molar-refractivity contribution in [2.75, 3.05) is 11.9 Å². The van der Waals surface area contributed by atoms with Crippen LogP contribution in [0.3, 0.4) is 0 Å². The van der Waals surface area contributed by atoms with Crippen molar-refractivity contribution in [3.63, 3.8) is 0 Å². The smallest absolute Gasteiger partial charge is 0.335 e. The molecule has 1 fully saturated rings. The molecule has 1 aliphatic rings. The first-order chi connectivity index (χ1) is 8.99. The topological polar surface area (TPSA) is 92.5 Å². The van der Waals surface area contributed by atoms with E-state index in [0.29, 0.717) is 18.4 Å². The highest BCUT2D eigenvalue weighted by Gasteiger charge is 2.28. The van der Waals surface area contributed by atoms with Crippen molar-refractivity contribution in [2.24, 2.45) is 11.8 Å². The summed E-state index contributed by atoms with van der Waals surface area (Å²) in [5.41, 5.74) is 0.234. The average molecular weight is 264 g/mol. The van der Waals surface area contributed by atoms with Gasteiger partial charge in [-0.3, -0.25) is 10.1 Å². The van der Waals surface area contributed by atoms with Crippen molar-refractivity contribution in [3.05, 3.63) is 33.9 Å². The molecule has 102 valence electrons. The third kappa shape index (κ3) is 3.21. The lowest BCUT2D eigenvalue weighted by atomic mass is 10.1. The third-order valence-electron chi connectivity index (χ3n) is 3.48. The van der Waals surface area contributed by atoms with Crippen LogP contribution in [0.4, 0.5) is 11.4 Å². The molecule has 6 nitrogen and oxygen atoms in total. The average Bonchev–Trinajstić information content (AvgIpc) is 3.19. The Hall–Kier alpha value is -2.11. The molecule has 2 rings (SSSR count). The minimum Gasteiger partial charge on any atom is -0.478 e. The second-order valence-corrected chi connectivity index (χ2v) is 4.99. The van der Waals surface area contributed by atoms with Crippen LogP contribution in [0.2, 0.25) is 0 Å². The zero-order chi connectivity index (χ0) is 14.0. The van der Waals surface area contributed by atoms with Crippen molar-refractivity contribution < 1.29 is 14.8 Å². The first-order valence-corrected chi connectivity index (χ1v) is 6.24. The summed E-state index contributed by atoms with van der Waals surface area (Å²) in [6.45, 7) is 2.71. The Morgan fingerprint density at radius 1 is 1.58 bits per heavy atom. The molecule has 6 heteroatoms. The van der Waals surface area contributed by atoms with Gasteiger partial charge in [-0.1, -0.05) is 6.92 Å². The summed E-state index contributed by atoms with van der Waals surface area (Å²) in [5.74, 6) is 0.0375. The summed E-state index contributed by atoms with van der Waals surface area (Å²) in [6, 6.07) is 3.80. The van der Waals surface area contributed by atoms with Gasteiger partial charge < -0.3 is 10.4 Å². The molecular weight excluding hydrogens is 248 g/mol. The largest absolute Gasteiger partial charge is 0.478 e. The van der Waals surface area contributed by atoms with Gasteiger partial charge in [0.05, 0.1) is 10.5 Å². The zero-order valence-electron chi connectivity index (χ0n) is 10.6. The number of nitrogens with zero attached hydrogens (tertiary/aromatic N) is 1. The molecule has 0 saturated heterocycles. The first kappa shape index (κ1) is 13.3. The Kier molecular flexibility index (Phi) is 3.69. The van der Waals surface area contributed by atoms with Crippen LogP contribution in [-0.4, -0.2) is 22.5 Å². The maximum atomic E-state index is 10.9. The van der Waals surface area contributed by atoms with Crippen molar-refractivity contribution >= 4 is 17.3 Å². The van der Waals surface area contributed by atoms with Crippen LogP contribution in [-0.2, 0) is 0 Å². The predicted octanol–water partition coefficient (Wildman–Crippen LogP) is 2.75. The zero-order valence-corrected chi connectivity index (χ0v) is 10.6. The van der Waals surface area contributed by atoms with Crippen LogP contribution in [0.1, 0.15) is 30.1 Å². The van der Waals surface area contributed by atoms with Crippen molar-refractivity contribution in [2.45, 2.75) is 19.8 Å². The predicted molar refractivity (Wildman–Crippen MR) is 70.4 cm³/mol. The summed E-state index contributed by atoms with van der Waals surface area (Å²) in [4.78, 5) is 21.3. The number of anilines is 1. The number of rotatable bonds is 6. The molecule has 0 aromatic heterocycles. The summed E-state index contributed by atoms with van der Waals surface area (Å²) in [7, 11) is 0. The van der Waals surface area contributed by atoms with Crippen LogP contribution in [0, 0.1) is 22.0 Å². The molecule has 1 atom stereocenters. The van der Waals surface area contributed by atoms with Gasteiger partial charge in [0.2, 0.25) is 0 Å². The summed E-state index contributed by atoms with van der Waals surface area (Å²) >= 11 is 0. The summed E-state index contributed by atoms with van der Waals surface area (Å²) in [6.07, 6.45) is 2.42. The van der Waals surface area contributed by atoms with E-state index < -0.39 is 10.9 Å². The molecule has 0 aliphatic heterocycles. The Balaban J connectivity index is 2.16. The molecule has 0 heterocycles. The van der Waals surface area contributed by atoms with Crippen LogP contribution in [0.25, 0.3) is 0 Å². The van der Waals surface area contributed by atoms with Crippen molar-refractivity contribution in [3.8, 4) is 0 Å². The highest BCUT2D eigenvalue weighted by atomic mass is 16.6. The molecule has 0 bridgehead atoms. The van der Waals surface area contributed by atoms with E-state index >= 15 is 0 Å². The monoisotopic (exact) mass is 264 g/mol. The minimum atomic E-state index is -1.09. The summed E-state index contributed by atoms with van der Waals surface area (Å²) < 4.78 is 0. The van der Waals surface area contributed by atoms with Crippen LogP contribution in [0.15, 0.2) is 18.2 Å². The molecule has 2 N–H and O–H groups in total. The molecule has 1 saturated carbocycles. The molecular formula is C13H16N2O4. The molecule has 1 aliphatic carbocycles. The number of aromatic carboxylic acids is 1.